The van der Waals surface area contributed by atoms with Crippen LogP contribution in [-0.4, -0.2) is 7.11 Å². The minimum atomic E-state index is -0.270. The van der Waals surface area contributed by atoms with E-state index in [0.29, 0.717) is 17.0 Å². The minimum Gasteiger partial charge on any atom is -0.496 e. The van der Waals surface area contributed by atoms with Crippen molar-refractivity contribution in [1.29, 1.82) is 0 Å². The Morgan fingerprint density at radius 1 is 1.24 bits per heavy atom. The van der Waals surface area contributed by atoms with Crippen LogP contribution in [0.5, 0.6) is 5.75 Å². The van der Waals surface area contributed by atoms with Crippen LogP contribution in [0.3, 0.4) is 0 Å². The Labute approximate surface area is 138 Å². The van der Waals surface area contributed by atoms with Gasteiger partial charge in [0.05, 0.1) is 7.11 Å². The number of ether oxygens (including phenoxy) is 1. The molecule has 0 aliphatic rings. The quantitative estimate of drug-likeness (QED) is 0.619. The normalized spacial score (nSPS) is 12.3. The van der Waals surface area contributed by atoms with Gasteiger partial charge >= 0.3 is 0 Å². The van der Waals surface area contributed by atoms with Crippen molar-refractivity contribution in [3.63, 3.8) is 0 Å². The molecule has 1 atom stereocenters. The summed E-state index contributed by atoms with van der Waals surface area (Å²) in [6.07, 6.45) is 0.497. The molecule has 4 heteroatoms. The van der Waals surface area contributed by atoms with E-state index in [0.717, 1.165) is 22.4 Å². The van der Waals surface area contributed by atoms with Gasteiger partial charge in [0.1, 0.15) is 11.6 Å². The summed E-state index contributed by atoms with van der Waals surface area (Å²) in [7, 11) is 1.67. The third-order valence-corrected chi connectivity index (χ3v) is 4.70. The third kappa shape index (κ3) is 3.58. The Morgan fingerprint density at radius 3 is 2.38 bits per heavy atom. The van der Waals surface area contributed by atoms with E-state index in [2.05, 4.69) is 28.1 Å². The zero-order valence-corrected chi connectivity index (χ0v) is 14.6. The van der Waals surface area contributed by atoms with E-state index < -0.39 is 0 Å². The van der Waals surface area contributed by atoms with Crippen LogP contribution in [0.1, 0.15) is 27.1 Å². The molecule has 0 bridgehead atoms. The average molecular weight is 372 g/mol. The molecular formula is C17H17BrClFO. The molecule has 0 saturated carbocycles. The molecule has 0 N–H and O–H groups in total. The topological polar surface area (TPSA) is 9.23 Å². The second kappa shape index (κ2) is 6.80. The van der Waals surface area contributed by atoms with Crippen molar-refractivity contribution in [3.8, 4) is 5.75 Å². The first-order chi connectivity index (χ1) is 9.93. The zero-order valence-electron chi connectivity index (χ0n) is 12.2. The Balaban J connectivity index is 2.31. The van der Waals surface area contributed by atoms with Crippen molar-refractivity contribution in [2.24, 2.45) is 0 Å². The molecule has 1 unspecified atom stereocenters. The van der Waals surface area contributed by atoms with E-state index in [1.165, 1.54) is 6.07 Å². The van der Waals surface area contributed by atoms with Gasteiger partial charge in [-0.3, -0.25) is 0 Å². The molecule has 0 spiro atoms. The molecule has 1 nitrogen and oxygen atoms in total. The maximum atomic E-state index is 13.9. The third-order valence-electron chi connectivity index (χ3n) is 3.49. The van der Waals surface area contributed by atoms with Gasteiger partial charge in [0.2, 0.25) is 0 Å². The second-order valence-electron chi connectivity index (χ2n) is 5.06. The highest BCUT2D eigenvalue weighted by Gasteiger charge is 2.16. The predicted octanol–water partition coefficient (Wildman–Crippen LogP) is 5.78. The summed E-state index contributed by atoms with van der Waals surface area (Å²) in [5.74, 6) is 0.622. The van der Waals surface area contributed by atoms with Crippen LogP contribution in [-0.2, 0) is 6.42 Å². The zero-order chi connectivity index (χ0) is 15.6. The van der Waals surface area contributed by atoms with E-state index in [-0.39, 0.29) is 10.6 Å². The number of hydrogen-bond acceptors (Lipinski definition) is 1. The summed E-state index contributed by atoms with van der Waals surface area (Å²) in [4.78, 5) is -0.00444. The molecule has 0 aliphatic carbocycles. The standard InChI is InChI=1S/C17H17BrClFO/c1-10-7-12(8-11(2)17(10)21-3)14(18)9-13-15(19)5-4-6-16(13)20/h4-8,14H,9H2,1-3H3. The van der Waals surface area contributed by atoms with Crippen LogP contribution in [0.4, 0.5) is 4.39 Å². The van der Waals surface area contributed by atoms with Crippen LogP contribution < -0.4 is 4.74 Å². The van der Waals surface area contributed by atoms with E-state index in [4.69, 9.17) is 16.3 Å². The highest BCUT2D eigenvalue weighted by atomic mass is 79.9. The van der Waals surface area contributed by atoms with Crippen molar-refractivity contribution in [3.05, 3.63) is 63.4 Å². The van der Waals surface area contributed by atoms with Crippen LogP contribution in [0, 0.1) is 19.7 Å². The van der Waals surface area contributed by atoms with Gasteiger partial charge in [0.25, 0.3) is 0 Å². The molecular weight excluding hydrogens is 355 g/mol. The molecule has 0 aromatic heterocycles. The number of hydrogen-bond donors (Lipinski definition) is 0. The fourth-order valence-electron chi connectivity index (χ4n) is 2.51. The fourth-order valence-corrected chi connectivity index (χ4v) is 3.34. The molecule has 2 aromatic carbocycles. The van der Waals surface area contributed by atoms with E-state index in [1.807, 2.05) is 13.8 Å². The van der Waals surface area contributed by atoms with Gasteiger partial charge in [-0.25, -0.2) is 4.39 Å². The Morgan fingerprint density at radius 2 is 1.86 bits per heavy atom. The Bertz CT molecular complexity index is 614. The molecule has 2 aromatic rings. The average Bonchev–Trinajstić information content (AvgIpc) is 2.42. The first-order valence-electron chi connectivity index (χ1n) is 6.66. The smallest absolute Gasteiger partial charge is 0.127 e. The van der Waals surface area contributed by atoms with Crippen molar-refractivity contribution in [2.45, 2.75) is 25.1 Å². The number of alkyl halides is 1. The van der Waals surface area contributed by atoms with Gasteiger partial charge in [-0.2, -0.15) is 0 Å². The minimum absolute atomic E-state index is 0.00444. The van der Waals surface area contributed by atoms with Crippen molar-refractivity contribution in [1.82, 2.24) is 0 Å². The van der Waals surface area contributed by atoms with Crippen molar-refractivity contribution >= 4 is 27.5 Å². The van der Waals surface area contributed by atoms with Gasteiger partial charge < -0.3 is 4.74 Å². The van der Waals surface area contributed by atoms with Crippen LogP contribution >= 0.6 is 27.5 Å². The second-order valence-corrected chi connectivity index (χ2v) is 6.57. The summed E-state index contributed by atoms with van der Waals surface area (Å²) in [6.45, 7) is 4.01. The van der Waals surface area contributed by atoms with Gasteiger partial charge in [-0.05, 0) is 49.1 Å². The van der Waals surface area contributed by atoms with Gasteiger partial charge in [0, 0.05) is 15.4 Å². The maximum absolute atomic E-state index is 13.9. The lowest BCUT2D eigenvalue weighted by atomic mass is 9.99. The van der Waals surface area contributed by atoms with Crippen LogP contribution in [0.2, 0.25) is 5.02 Å². The highest BCUT2D eigenvalue weighted by Crippen LogP contribution is 2.34. The molecule has 0 saturated heterocycles. The first-order valence-corrected chi connectivity index (χ1v) is 7.95. The fraction of sp³-hybridized carbons (Fsp3) is 0.294. The number of methoxy groups -OCH3 is 1. The Hall–Kier alpha value is -1.06. The lowest BCUT2D eigenvalue weighted by molar-refractivity contribution is 0.408. The molecule has 0 amide bonds. The van der Waals surface area contributed by atoms with Gasteiger partial charge in [-0.1, -0.05) is 45.7 Å². The number of benzene rings is 2. The molecule has 0 aliphatic heterocycles. The summed E-state index contributed by atoms with van der Waals surface area (Å²) >= 11 is 9.73. The SMILES string of the molecule is COc1c(C)cc(C(Br)Cc2c(F)cccc2Cl)cc1C. The van der Waals surface area contributed by atoms with E-state index >= 15 is 0 Å². The number of halogens is 3. The lowest BCUT2D eigenvalue weighted by Crippen LogP contribution is -2.01. The molecule has 21 heavy (non-hydrogen) atoms. The van der Waals surface area contributed by atoms with Crippen LogP contribution in [0.15, 0.2) is 30.3 Å². The first kappa shape index (κ1) is 16.3. The van der Waals surface area contributed by atoms with Crippen LogP contribution in [0.25, 0.3) is 0 Å². The number of aryl methyl sites for hydroxylation is 2. The summed E-state index contributed by atoms with van der Waals surface area (Å²) in [5, 5.41) is 0.460. The summed E-state index contributed by atoms with van der Waals surface area (Å²) in [6, 6.07) is 8.88. The molecule has 0 fully saturated rings. The van der Waals surface area contributed by atoms with E-state index in [1.54, 1.807) is 19.2 Å². The highest BCUT2D eigenvalue weighted by molar-refractivity contribution is 9.09. The van der Waals surface area contributed by atoms with Crippen molar-refractivity contribution < 1.29 is 9.13 Å². The molecule has 112 valence electrons. The largest absolute Gasteiger partial charge is 0.496 e. The Kier molecular flexibility index (Phi) is 5.28. The lowest BCUT2D eigenvalue weighted by Gasteiger charge is -2.16. The van der Waals surface area contributed by atoms with E-state index in [9.17, 15) is 4.39 Å². The maximum Gasteiger partial charge on any atom is 0.127 e. The summed E-state index contributed by atoms with van der Waals surface area (Å²) in [5.41, 5.74) is 3.76. The number of rotatable bonds is 4. The molecule has 0 radical (unpaired) electrons. The summed E-state index contributed by atoms with van der Waals surface area (Å²) < 4.78 is 19.2. The predicted molar refractivity (Wildman–Crippen MR) is 89.3 cm³/mol. The molecule has 0 heterocycles. The van der Waals surface area contributed by atoms with Gasteiger partial charge in [-0.15, -0.1) is 0 Å². The monoisotopic (exact) mass is 370 g/mol. The van der Waals surface area contributed by atoms with Crippen molar-refractivity contribution in [2.75, 3.05) is 7.11 Å². The molecule has 2 rings (SSSR count). The van der Waals surface area contributed by atoms with Gasteiger partial charge in [0.15, 0.2) is 0 Å².